The lowest BCUT2D eigenvalue weighted by Gasteiger charge is -2.28. The number of nitrogens with zero attached hydrogens (tertiary/aromatic N) is 5. The molecule has 0 aliphatic carbocycles. The Labute approximate surface area is 165 Å². The molecule has 1 aliphatic rings. The minimum atomic E-state index is -4.44. The maximum atomic E-state index is 12.8. The van der Waals surface area contributed by atoms with E-state index in [1.165, 1.54) is 23.2 Å². The van der Waals surface area contributed by atoms with Crippen LogP contribution in [0.4, 0.5) is 35.3 Å². The van der Waals surface area contributed by atoms with Crippen molar-refractivity contribution in [2.45, 2.75) is 6.18 Å². The molecule has 0 unspecified atom stereocenters. The van der Waals surface area contributed by atoms with Gasteiger partial charge >= 0.3 is 12.2 Å². The number of anilines is 3. The third-order valence-corrected chi connectivity index (χ3v) is 4.40. The first-order valence-electron chi connectivity index (χ1n) is 8.74. The van der Waals surface area contributed by atoms with E-state index in [1.807, 2.05) is 6.07 Å². The van der Waals surface area contributed by atoms with Gasteiger partial charge in [-0.2, -0.15) is 18.4 Å². The zero-order valence-electron chi connectivity index (χ0n) is 15.5. The summed E-state index contributed by atoms with van der Waals surface area (Å²) >= 11 is 0. The maximum absolute atomic E-state index is 12.8. The first-order chi connectivity index (χ1) is 13.8. The van der Waals surface area contributed by atoms with Crippen LogP contribution in [0, 0.1) is 11.3 Å². The molecule has 1 saturated heterocycles. The van der Waals surface area contributed by atoms with Crippen LogP contribution in [0.5, 0.6) is 0 Å². The molecule has 0 radical (unpaired) electrons. The Bertz CT molecular complexity index is 919. The van der Waals surface area contributed by atoms with Crippen LogP contribution in [0.2, 0.25) is 0 Å². The summed E-state index contributed by atoms with van der Waals surface area (Å²) in [6.07, 6.45) is -3.22. The summed E-state index contributed by atoms with van der Waals surface area (Å²) in [6.45, 7) is 2.40. The van der Waals surface area contributed by atoms with Gasteiger partial charge in [-0.3, -0.25) is 5.32 Å². The second-order valence-electron chi connectivity index (χ2n) is 6.31. The molecular formula is C18H18F3N7O. The number of hydrogen-bond acceptors (Lipinski definition) is 6. The molecule has 2 aromatic rings. The molecule has 1 aliphatic heterocycles. The molecule has 0 bridgehead atoms. The largest absolute Gasteiger partial charge is 0.416 e. The van der Waals surface area contributed by atoms with Crippen LogP contribution in [-0.2, 0) is 6.18 Å². The number of rotatable bonds is 3. The Morgan fingerprint density at radius 3 is 2.52 bits per heavy atom. The zero-order chi connectivity index (χ0) is 21.0. The third-order valence-electron chi connectivity index (χ3n) is 4.40. The molecule has 2 N–H and O–H groups in total. The molecule has 29 heavy (non-hydrogen) atoms. The van der Waals surface area contributed by atoms with E-state index in [0.717, 1.165) is 12.1 Å². The first-order valence-corrected chi connectivity index (χ1v) is 8.74. The van der Waals surface area contributed by atoms with Gasteiger partial charge in [-0.25, -0.2) is 14.8 Å². The van der Waals surface area contributed by atoms with Gasteiger partial charge < -0.3 is 15.1 Å². The predicted molar refractivity (Wildman–Crippen MR) is 99.7 cm³/mol. The molecule has 0 atom stereocenters. The summed E-state index contributed by atoms with van der Waals surface area (Å²) in [4.78, 5) is 23.8. The minimum Gasteiger partial charge on any atom is -0.326 e. The molecule has 1 aromatic carbocycles. The molecule has 8 nitrogen and oxygen atoms in total. The molecule has 2 amide bonds. The number of halogens is 3. The van der Waals surface area contributed by atoms with E-state index < -0.39 is 11.7 Å². The van der Waals surface area contributed by atoms with Crippen LogP contribution in [0.25, 0.3) is 0 Å². The van der Waals surface area contributed by atoms with Gasteiger partial charge in [0.25, 0.3) is 0 Å². The smallest absolute Gasteiger partial charge is 0.326 e. The van der Waals surface area contributed by atoms with E-state index in [9.17, 15) is 18.0 Å². The number of piperazine rings is 1. The van der Waals surface area contributed by atoms with E-state index in [-0.39, 0.29) is 23.4 Å². The summed E-state index contributed by atoms with van der Waals surface area (Å²) in [5.74, 6) is 0.252. The molecule has 2 heterocycles. The summed E-state index contributed by atoms with van der Waals surface area (Å²) < 4.78 is 38.4. The SMILES string of the molecule is CN(c1ccc(C(F)(F)F)cc1)c1nc(C#N)cnc1NC(=O)N1CCNCC1. The number of benzene rings is 1. The van der Waals surface area contributed by atoms with E-state index >= 15 is 0 Å². The molecule has 0 saturated carbocycles. The molecule has 152 valence electrons. The molecule has 3 rings (SSSR count). The molecular weight excluding hydrogens is 387 g/mol. The molecule has 11 heteroatoms. The summed E-state index contributed by atoms with van der Waals surface area (Å²) in [6, 6.07) is 5.97. The average Bonchev–Trinajstić information content (AvgIpc) is 2.73. The van der Waals surface area contributed by atoms with Crippen molar-refractivity contribution in [3.8, 4) is 6.07 Å². The first kappa shape index (κ1) is 20.3. The van der Waals surface area contributed by atoms with Crippen molar-refractivity contribution in [1.82, 2.24) is 20.2 Å². The highest BCUT2D eigenvalue weighted by Gasteiger charge is 2.30. The van der Waals surface area contributed by atoms with Gasteiger partial charge in [0.05, 0.1) is 11.8 Å². The fourth-order valence-electron chi connectivity index (χ4n) is 2.80. The predicted octanol–water partition coefficient (Wildman–Crippen LogP) is 2.57. The van der Waals surface area contributed by atoms with Gasteiger partial charge in [0.15, 0.2) is 17.3 Å². The number of hydrogen-bond donors (Lipinski definition) is 2. The second-order valence-corrected chi connectivity index (χ2v) is 6.31. The quantitative estimate of drug-likeness (QED) is 0.815. The van der Waals surface area contributed by atoms with Crippen LogP contribution in [-0.4, -0.2) is 54.1 Å². The number of aromatic nitrogens is 2. The average molecular weight is 405 g/mol. The Balaban J connectivity index is 1.88. The van der Waals surface area contributed by atoms with Crippen LogP contribution in [0.3, 0.4) is 0 Å². The van der Waals surface area contributed by atoms with Gasteiger partial charge in [-0.1, -0.05) is 0 Å². The zero-order valence-corrected chi connectivity index (χ0v) is 15.5. The van der Waals surface area contributed by atoms with Gasteiger partial charge in [-0.15, -0.1) is 0 Å². The fourth-order valence-corrected chi connectivity index (χ4v) is 2.80. The van der Waals surface area contributed by atoms with Gasteiger partial charge in [-0.05, 0) is 24.3 Å². The summed E-state index contributed by atoms with van der Waals surface area (Å²) in [5, 5.41) is 14.9. The highest BCUT2D eigenvalue weighted by molar-refractivity contribution is 5.91. The fraction of sp³-hybridized carbons (Fsp3) is 0.333. The Hall–Kier alpha value is -3.39. The van der Waals surface area contributed by atoms with Crippen molar-refractivity contribution >= 4 is 23.4 Å². The van der Waals surface area contributed by atoms with Gasteiger partial charge in [0.1, 0.15) is 6.07 Å². The maximum Gasteiger partial charge on any atom is 0.416 e. The van der Waals surface area contributed by atoms with Crippen LogP contribution < -0.4 is 15.5 Å². The van der Waals surface area contributed by atoms with Crippen LogP contribution >= 0.6 is 0 Å². The lowest BCUT2D eigenvalue weighted by atomic mass is 10.2. The van der Waals surface area contributed by atoms with Gasteiger partial charge in [0, 0.05) is 38.9 Å². The van der Waals surface area contributed by atoms with Gasteiger partial charge in [0.2, 0.25) is 0 Å². The highest BCUT2D eigenvalue weighted by Crippen LogP contribution is 2.33. The third kappa shape index (κ3) is 4.72. The molecule has 1 aromatic heterocycles. The summed E-state index contributed by atoms with van der Waals surface area (Å²) in [7, 11) is 1.56. The number of nitriles is 1. The lowest BCUT2D eigenvalue weighted by Crippen LogP contribution is -2.48. The van der Waals surface area contributed by atoms with Crippen LogP contribution in [0.1, 0.15) is 11.3 Å². The number of alkyl halides is 3. The number of urea groups is 1. The van der Waals surface area contributed by atoms with Crippen molar-refractivity contribution in [3.05, 3.63) is 41.7 Å². The number of nitrogens with one attached hydrogen (secondary N) is 2. The Kier molecular flexibility index (Phi) is 5.84. The minimum absolute atomic E-state index is 0.0129. The van der Waals surface area contributed by atoms with E-state index in [2.05, 4.69) is 20.6 Å². The highest BCUT2D eigenvalue weighted by atomic mass is 19.4. The lowest BCUT2D eigenvalue weighted by molar-refractivity contribution is -0.137. The molecule has 0 spiro atoms. The standard InChI is InChI=1S/C18H18F3N7O/c1-27(14-4-2-12(3-5-14)18(19,20)21)16-15(24-11-13(10-22)25-16)26-17(29)28-8-6-23-7-9-28/h2-5,11,23H,6-9H2,1H3,(H,24,26,29). The van der Waals surface area contributed by atoms with Crippen molar-refractivity contribution < 1.29 is 18.0 Å². The molecule has 1 fully saturated rings. The summed E-state index contributed by atoms with van der Waals surface area (Å²) in [5.41, 5.74) is -0.377. The van der Waals surface area contributed by atoms with E-state index in [1.54, 1.807) is 11.9 Å². The van der Waals surface area contributed by atoms with Crippen molar-refractivity contribution in [3.63, 3.8) is 0 Å². The monoisotopic (exact) mass is 405 g/mol. The Morgan fingerprint density at radius 1 is 1.28 bits per heavy atom. The van der Waals surface area contributed by atoms with E-state index in [4.69, 9.17) is 5.26 Å². The Morgan fingerprint density at radius 2 is 1.93 bits per heavy atom. The van der Waals surface area contributed by atoms with Crippen molar-refractivity contribution in [2.24, 2.45) is 0 Å². The van der Waals surface area contributed by atoms with Crippen LogP contribution in [0.15, 0.2) is 30.5 Å². The normalized spacial score (nSPS) is 14.2. The van der Waals surface area contributed by atoms with Crippen molar-refractivity contribution in [2.75, 3.05) is 43.4 Å². The topological polar surface area (TPSA) is 97.2 Å². The number of carbonyl (C=O) groups excluding carboxylic acids is 1. The number of amides is 2. The number of carbonyl (C=O) groups is 1. The van der Waals surface area contributed by atoms with E-state index in [0.29, 0.717) is 31.9 Å². The second kappa shape index (κ2) is 8.32. The van der Waals surface area contributed by atoms with Crippen molar-refractivity contribution in [1.29, 1.82) is 5.26 Å².